The third kappa shape index (κ3) is 5.08. The van der Waals surface area contributed by atoms with Crippen LogP contribution in [0.1, 0.15) is 54.9 Å². The summed E-state index contributed by atoms with van der Waals surface area (Å²) in [5, 5.41) is 0. The zero-order valence-corrected chi connectivity index (χ0v) is 14.4. The molecule has 1 aliphatic rings. The van der Waals surface area contributed by atoms with Gasteiger partial charge in [-0.1, -0.05) is 43.9 Å². The lowest BCUT2D eigenvalue weighted by Crippen LogP contribution is -2.50. The van der Waals surface area contributed by atoms with E-state index in [9.17, 15) is 9.59 Å². The highest BCUT2D eigenvalue weighted by molar-refractivity contribution is 5.94. The van der Waals surface area contributed by atoms with Gasteiger partial charge in [0.05, 0.1) is 0 Å². The second kappa shape index (κ2) is 8.70. The van der Waals surface area contributed by atoms with Crippen molar-refractivity contribution in [2.45, 2.75) is 46.0 Å². The predicted molar refractivity (Wildman–Crippen MR) is 92.4 cm³/mol. The molecule has 0 atom stereocenters. The number of carbonyl (C=O) groups is 2. The van der Waals surface area contributed by atoms with Crippen LogP contribution in [0.3, 0.4) is 0 Å². The van der Waals surface area contributed by atoms with E-state index in [2.05, 4.69) is 6.92 Å². The van der Waals surface area contributed by atoms with Crippen LogP contribution in [0.25, 0.3) is 0 Å². The predicted octanol–water partition coefficient (Wildman–Crippen LogP) is 3.25. The van der Waals surface area contributed by atoms with Crippen molar-refractivity contribution in [1.82, 2.24) is 9.80 Å². The Morgan fingerprint density at radius 3 is 2.13 bits per heavy atom. The normalized spacial score (nSPS) is 14.9. The van der Waals surface area contributed by atoms with E-state index >= 15 is 0 Å². The van der Waals surface area contributed by atoms with E-state index in [1.807, 2.05) is 41.0 Å². The van der Waals surface area contributed by atoms with Gasteiger partial charge in [0.25, 0.3) is 5.91 Å². The van der Waals surface area contributed by atoms with Gasteiger partial charge in [-0.15, -0.1) is 0 Å². The van der Waals surface area contributed by atoms with E-state index in [-0.39, 0.29) is 11.8 Å². The summed E-state index contributed by atoms with van der Waals surface area (Å²) in [6, 6.07) is 7.68. The summed E-state index contributed by atoms with van der Waals surface area (Å²) in [6.07, 6.45) is 5.15. The molecule has 1 heterocycles. The molecule has 126 valence electrons. The van der Waals surface area contributed by atoms with Crippen LogP contribution >= 0.6 is 0 Å². The molecule has 1 aromatic carbocycles. The van der Waals surface area contributed by atoms with Crippen molar-refractivity contribution in [3.8, 4) is 0 Å². The molecule has 0 aliphatic carbocycles. The van der Waals surface area contributed by atoms with E-state index in [4.69, 9.17) is 0 Å². The number of rotatable bonds is 6. The fourth-order valence-corrected chi connectivity index (χ4v) is 2.90. The lowest BCUT2D eigenvalue weighted by molar-refractivity contribution is -0.132. The van der Waals surface area contributed by atoms with Crippen molar-refractivity contribution in [3.05, 3.63) is 35.4 Å². The third-order valence-electron chi connectivity index (χ3n) is 4.46. The lowest BCUT2D eigenvalue weighted by Gasteiger charge is -2.35. The molecule has 0 spiro atoms. The third-order valence-corrected chi connectivity index (χ3v) is 4.46. The number of piperazine rings is 1. The Morgan fingerprint density at radius 2 is 1.52 bits per heavy atom. The van der Waals surface area contributed by atoms with Gasteiger partial charge >= 0.3 is 0 Å². The molecule has 1 aromatic rings. The van der Waals surface area contributed by atoms with Crippen molar-refractivity contribution < 1.29 is 9.59 Å². The van der Waals surface area contributed by atoms with Gasteiger partial charge in [-0.25, -0.2) is 0 Å². The maximum Gasteiger partial charge on any atom is 0.253 e. The van der Waals surface area contributed by atoms with Gasteiger partial charge in [-0.3, -0.25) is 9.59 Å². The Hall–Kier alpha value is -1.84. The van der Waals surface area contributed by atoms with Gasteiger partial charge in [-0.05, 0) is 25.5 Å². The standard InChI is InChI=1S/C19H28N2O2/c1-3-4-5-6-7-18(22)20-12-14-21(15-13-20)19(23)17-10-8-16(2)9-11-17/h8-11H,3-7,12-15H2,1-2H3. The lowest BCUT2D eigenvalue weighted by atomic mass is 10.1. The molecule has 4 nitrogen and oxygen atoms in total. The van der Waals surface area contributed by atoms with Gasteiger partial charge in [0.15, 0.2) is 0 Å². The molecule has 1 saturated heterocycles. The summed E-state index contributed by atoms with van der Waals surface area (Å²) in [5.41, 5.74) is 1.88. The SMILES string of the molecule is CCCCCCC(=O)N1CCN(C(=O)c2ccc(C)cc2)CC1. The fourth-order valence-electron chi connectivity index (χ4n) is 2.90. The number of nitrogens with zero attached hydrogens (tertiary/aromatic N) is 2. The molecule has 4 heteroatoms. The number of amides is 2. The van der Waals surface area contributed by atoms with Crippen LogP contribution in [0, 0.1) is 6.92 Å². The minimum atomic E-state index is 0.0695. The van der Waals surface area contributed by atoms with Crippen LogP contribution in [0.2, 0.25) is 0 Å². The average molecular weight is 316 g/mol. The van der Waals surface area contributed by atoms with Crippen molar-refractivity contribution in [3.63, 3.8) is 0 Å². The van der Waals surface area contributed by atoms with Gasteiger partial charge in [0.2, 0.25) is 5.91 Å². The van der Waals surface area contributed by atoms with E-state index < -0.39 is 0 Å². The monoisotopic (exact) mass is 316 g/mol. The minimum Gasteiger partial charge on any atom is -0.339 e. The first kappa shape index (κ1) is 17.5. The minimum absolute atomic E-state index is 0.0695. The van der Waals surface area contributed by atoms with Crippen LogP contribution in [0.4, 0.5) is 0 Å². The summed E-state index contributed by atoms with van der Waals surface area (Å²) < 4.78 is 0. The topological polar surface area (TPSA) is 40.6 Å². The smallest absolute Gasteiger partial charge is 0.253 e. The molecule has 1 aliphatic heterocycles. The zero-order chi connectivity index (χ0) is 16.7. The van der Waals surface area contributed by atoms with E-state index in [1.165, 1.54) is 12.8 Å². The van der Waals surface area contributed by atoms with Crippen LogP contribution in [-0.2, 0) is 4.79 Å². The number of aryl methyl sites for hydroxylation is 1. The maximum absolute atomic E-state index is 12.5. The molecule has 0 N–H and O–H groups in total. The van der Waals surface area contributed by atoms with Crippen LogP contribution in [0.15, 0.2) is 24.3 Å². The molecular formula is C19H28N2O2. The molecule has 0 bridgehead atoms. The summed E-state index contributed by atoms with van der Waals surface area (Å²) in [5.74, 6) is 0.309. The molecule has 0 saturated carbocycles. The number of hydrogen-bond donors (Lipinski definition) is 0. The highest BCUT2D eigenvalue weighted by atomic mass is 16.2. The molecule has 2 rings (SSSR count). The zero-order valence-electron chi connectivity index (χ0n) is 14.4. The quantitative estimate of drug-likeness (QED) is 0.756. The average Bonchev–Trinajstić information content (AvgIpc) is 2.59. The Kier molecular flexibility index (Phi) is 6.63. The summed E-state index contributed by atoms with van der Waals surface area (Å²) >= 11 is 0. The molecular weight excluding hydrogens is 288 g/mol. The molecule has 0 radical (unpaired) electrons. The highest BCUT2D eigenvalue weighted by Crippen LogP contribution is 2.12. The molecule has 0 unspecified atom stereocenters. The maximum atomic E-state index is 12.5. The Labute approximate surface area is 139 Å². The first-order chi connectivity index (χ1) is 11.1. The number of unbranched alkanes of at least 4 members (excludes halogenated alkanes) is 3. The molecule has 2 amide bonds. The van der Waals surface area contributed by atoms with E-state index in [0.29, 0.717) is 32.6 Å². The van der Waals surface area contributed by atoms with E-state index in [0.717, 1.165) is 24.0 Å². The number of hydrogen-bond acceptors (Lipinski definition) is 2. The molecule has 23 heavy (non-hydrogen) atoms. The van der Waals surface area contributed by atoms with Gasteiger partial charge in [-0.2, -0.15) is 0 Å². The number of carbonyl (C=O) groups excluding carboxylic acids is 2. The number of benzene rings is 1. The van der Waals surface area contributed by atoms with Gasteiger partial charge < -0.3 is 9.80 Å². The fraction of sp³-hybridized carbons (Fsp3) is 0.579. The van der Waals surface area contributed by atoms with Crippen LogP contribution in [0.5, 0.6) is 0 Å². The summed E-state index contributed by atoms with van der Waals surface area (Å²) in [7, 11) is 0. The second-order valence-corrected chi connectivity index (χ2v) is 6.35. The first-order valence-electron chi connectivity index (χ1n) is 8.75. The molecule has 0 aromatic heterocycles. The summed E-state index contributed by atoms with van der Waals surface area (Å²) in [4.78, 5) is 28.4. The van der Waals surface area contributed by atoms with Crippen molar-refractivity contribution in [1.29, 1.82) is 0 Å². The Balaban J connectivity index is 1.78. The Morgan fingerprint density at radius 1 is 0.913 bits per heavy atom. The van der Waals surface area contributed by atoms with Gasteiger partial charge in [0.1, 0.15) is 0 Å². The van der Waals surface area contributed by atoms with Gasteiger partial charge in [0, 0.05) is 38.2 Å². The largest absolute Gasteiger partial charge is 0.339 e. The first-order valence-corrected chi connectivity index (χ1v) is 8.75. The van der Waals surface area contributed by atoms with Crippen molar-refractivity contribution in [2.24, 2.45) is 0 Å². The highest BCUT2D eigenvalue weighted by Gasteiger charge is 2.24. The molecule has 1 fully saturated rings. The van der Waals surface area contributed by atoms with Crippen molar-refractivity contribution >= 4 is 11.8 Å². The van der Waals surface area contributed by atoms with Crippen LogP contribution in [-0.4, -0.2) is 47.8 Å². The van der Waals surface area contributed by atoms with E-state index in [1.54, 1.807) is 0 Å². The second-order valence-electron chi connectivity index (χ2n) is 6.35. The Bertz CT molecular complexity index is 517. The van der Waals surface area contributed by atoms with Crippen molar-refractivity contribution in [2.75, 3.05) is 26.2 Å². The summed E-state index contributed by atoms with van der Waals surface area (Å²) in [6.45, 7) is 6.76. The van der Waals surface area contributed by atoms with Crippen LogP contribution < -0.4 is 0 Å².